The predicted octanol–water partition coefficient (Wildman–Crippen LogP) is 4.11. The normalized spacial score (nSPS) is 11.1. The molecule has 0 atom stereocenters. The molecular weight excluding hydrogens is 440 g/mol. The number of para-hydroxylation sites is 1. The first-order chi connectivity index (χ1) is 15.9. The van der Waals surface area contributed by atoms with Gasteiger partial charge >= 0.3 is 5.97 Å². The summed E-state index contributed by atoms with van der Waals surface area (Å²) in [5, 5.41) is 1.50. The van der Waals surface area contributed by atoms with E-state index in [2.05, 4.69) is 26.3 Å². The van der Waals surface area contributed by atoms with E-state index in [0.717, 1.165) is 39.1 Å². The van der Waals surface area contributed by atoms with Gasteiger partial charge in [-0.1, -0.05) is 23.7 Å². The smallest absolute Gasteiger partial charge is 0.305 e. The molecule has 0 saturated heterocycles. The molecule has 0 saturated carbocycles. The van der Waals surface area contributed by atoms with Gasteiger partial charge in [0.1, 0.15) is 30.3 Å². The number of benzene rings is 1. The molecule has 0 radical (unpaired) electrons. The van der Waals surface area contributed by atoms with Crippen molar-refractivity contribution in [1.29, 1.82) is 0 Å². The Labute approximate surface area is 197 Å². The Morgan fingerprint density at radius 1 is 1.27 bits per heavy atom. The fourth-order valence-electron chi connectivity index (χ4n) is 3.99. The number of pyridine rings is 2. The molecule has 0 bridgehead atoms. The third-order valence-electron chi connectivity index (χ3n) is 5.65. The Hall–Kier alpha value is -3.45. The molecule has 7 nitrogen and oxygen atoms in total. The Kier molecular flexibility index (Phi) is 6.60. The lowest BCUT2D eigenvalue weighted by atomic mass is 10.1. The minimum atomic E-state index is -0.281. The van der Waals surface area contributed by atoms with E-state index in [4.69, 9.17) is 26.1 Å². The van der Waals surface area contributed by atoms with Gasteiger partial charge in [-0.05, 0) is 31.0 Å². The van der Waals surface area contributed by atoms with Gasteiger partial charge in [0.25, 0.3) is 5.82 Å². The average Bonchev–Trinajstić information content (AvgIpc) is 3.14. The molecule has 33 heavy (non-hydrogen) atoms. The van der Waals surface area contributed by atoms with Crippen molar-refractivity contribution in [2.75, 3.05) is 7.11 Å². The number of methoxy groups -OCH3 is 1. The number of rotatable bonds is 7. The van der Waals surface area contributed by atoms with Crippen molar-refractivity contribution >= 4 is 28.5 Å². The van der Waals surface area contributed by atoms with Crippen molar-refractivity contribution in [2.24, 2.45) is 14.1 Å². The second-order valence-electron chi connectivity index (χ2n) is 7.93. The van der Waals surface area contributed by atoms with Gasteiger partial charge < -0.3 is 9.47 Å². The number of ether oxygens (including phenoxy) is 2. The molecule has 170 valence electrons. The van der Waals surface area contributed by atoms with Crippen LogP contribution in [0.4, 0.5) is 0 Å². The molecule has 0 fully saturated rings. The van der Waals surface area contributed by atoms with E-state index in [-0.39, 0.29) is 19.0 Å². The van der Waals surface area contributed by atoms with Gasteiger partial charge in [-0.2, -0.15) is 0 Å². The molecule has 1 aromatic carbocycles. The summed E-state index contributed by atoms with van der Waals surface area (Å²) in [5.41, 5.74) is 4.42. The van der Waals surface area contributed by atoms with E-state index in [0.29, 0.717) is 17.2 Å². The van der Waals surface area contributed by atoms with Crippen molar-refractivity contribution < 1.29 is 18.8 Å². The molecule has 0 aliphatic carbocycles. The fourth-order valence-corrected chi connectivity index (χ4v) is 4.22. The van der Waals surface area contributed by atoms with Gasteiger partial charge in [-0.3, -0.25) is 9.78 Å². The average molecular weight is 466 g/mol. The van der Waals surface area contributed by atoms with Crippen LogP contribution in [0, 0.1) is 6.92 Å². The first-order valence-corrected chi connectivity index (χ1v) is 11.0. The van der Waals surface area contributed by atoms with Gasteiger partial charge in [0.15, 0.2) is 0 Å². The van der Waals surface area contributed by atoms with Gasteiger partial charge in [0.05, 0.1) is 31.8 Å². The number of imidazole rings is 1. The number of hydrogen-bond acceptors (Lipinski definition) is 5. The highest BCUT2D eigenvalue weighted by Gasteiger charge is 2.20. The maximum Gasteiger partial charge on any atom is 0.305 e. The summed E-state index contributed by atoms with van der Waals surface area (Å²) >= 11 is 6.44. The lowest BCUT2D eigenvalue weighted by Gasteiger charge is -2.14. The van der Waals surface area contributed by atoms with Gasteiger partial charge in [-0.15, -0.1) is 0 Å². The number of aromatic nitrogens is 4. The van der Waals surface area contributed by atoms with Gasteiger partial charge in [0, 0.05) is 35.5 Å². The number of carbonyl (C=O) groups is 1. The molecule has 0 aliphatic heterocycles. The number of carbonyl (C=O) groups excluding carboxylic acids is 1. The summed E-state index contributed by atoms with van der Waals surface area (Å²) in [6.07, 6.45) is 8.07. The third-order valence-corrected chi connectivity index (χ3v) is 5.97. The van der Waals surface area contributed by atoms with E-state index >= 15 is 0 Å². The quantitative estimate of drug-likeness (QED) is 0.303. The maximum absolute atomic E-state index is 11.6. The molecule has 3 heterocycles. The molecule has 3 aromatic heterocycles. The van der Waals surface area contributed by atoms with Crippen LogP contribution < -0.4 is 9.30 Å². The van der Waals surface area contributed by atoms with E-state index < -0.39 is 0 Å². The fraction of sp³-hybridized carbons (Fsp3) is 0.280. The van der Waals surface area contributed by atoms with Crippen LogP contribution in [0.5, 0.6) is 5.75 Å². The molecule has 4 aromatic rings. The minimum absolute atomic E-state index is 0.236. The molecule has 0 spiro atoms. The standard InChI is InChI=1S/C25H26ClN4O3/c1-16-12-19(25-29(2)10-11-30(25)3)18-6-5-7-22(24(18)28-16)33-15-20-17(8-9-23(31)32-4)13-27-14-21(20)26/h5-7,10-14H,8-9,15H2,1-4H3/q+1. The van der Waals surface area contributed by atoms with Crippen molar-refractivity contribution in [1.82, 2.24) is 14.5 Å². The highest BCUT2D eigenvalue weighted by Crippen LogP contribution is 2.33. The monoisotopic (exact) mass is 465 g/mol. The molecule has 0 aliphatic rings. The maximum atomic E-state index is 11.6. The van der Waals surface area contributed by atoms with E-state index in [9.17, 15) is 4.79 Å². The van der Waals surface area contributed by atoms with E-state index in [1.165, 1.54) is 7.11 Å². The zero-order valence-corrected chi connectivity index (χ0v) is 19.9. The van der Waals surface area contributed by atoms with Crippen LogP contribution in [-0.4, -0.2) is 27.6 Å². The third kappa shape index (κ3) is 4.68. The summed E-state index contributed by atoms with van der Waals surface area (Å²) in [6.45, 7) is 2.22. The van der Waals surface area contributed by atoms with Crippen molar-refractivity contribution in [3.05, 3.63) is 70.9 Å². The lowest BCUT2D eigenvalue weighted by molar-refractivity contribution is -0.659. The van der Waals surface area contributed by atoms with Crippen LogP contribution >= 0.6 is 11.6 Å². The first-order valence-electron chi connectivity index (χ1n) is 10.6. The first kappa shape index (κ1) is 22.7. The van der Waals surface area contributed by atoms with Crippen molar-refractivity contribution in [3.8, 4) is 17.1 Å². The van der Waals surface area contributed by atoms with Crippen LogP contribution in [0.3, 0.4) is 0 Å². The number of aryl methyl sites for hydroxylation is 4. The Balaban J connectivity index is 1.70. The number of esters is 1. The number of halogens is 1. The minimum Gasteiger partial charge on any atom is -0.487 e. The molecule has 0 N–H and O–H groups in total. The lowest BCUT2D eigenvalue weighted by Crippen LogP contribution is -2.28. The molecule has 0 unspecified atom stereocenters. The van der Waals surface area contributed by atoms with Gasteiger partial charge in [0.2, 0.25) is 0 Å². The van der Waals surface area contributed by atoms with Crippen LogP contribution in [-0.2, 0) is 36.7 Å². The summed E-state index contributed by atoms with van der Waals surface area (Å²) in [5.74, 6) is 1.46. The number of hydrogen-bond donors (Lipinski definition) is 0. The zero-order valence-electron chi connectivity index (χ0n) is 19.1. The van der Waals surface area contributed by atoms with E-state index in [1.807, 2.05) is 45.5 Å². The second kappa shape index (κ2) is 9.58. The topological polar surface area (TPSA) is 70.1 Å². The molecule has 0 amide bonds. The van der Waals surface area contributed by atoms with Crippen LogP contribution in [0.15, 0.2) is 49.1 Å². The Bertz CT molecular complexity index is 1310. The number of nitrogens with zero attached hydrogens (tertiary/aromatic N) is 4. The summed E-state index contributed by atoms with van der Waals surface area (Å²) < 4.78 is 15.2. The van der Waals surface area contributed by atoms with Crippen LogP contribution in [0.25, 0.3) is 22.3 Å². The summed E-state index contributed by atoms with van der Waals surface area (Å²) in [4.78, 5) is 20.5. The second-order valence-corrected chi connectivity index (χ2v) is 8.34. The Morgan fingerprint density at radius 3 is 2.82 bits per heavy atom. The van der Waals surface area contributed by atoms with Crippen LogP contribution in [0.2, 0.25) is 5.02 Å². The zero-order chi connectivity index (χ0) is 23.5. The highest BCUT2D eigenvalue weighted by atomic mass is 35.5. The number of fused-ring (bicyclic) bond motifs is 1. The van der Waals surface area contributed by atoms with E-state index in [1.54, 1.807) is 12.4 Å². The largest absolute Gasteiger partial charge is 0.487 e. The van der Waals surface area contributed by atoms with Crippen molar-refractivity contribution in [3.63, 3.8) is 0 Å². The highest BCUT2D eigenvalue weighted by molar-refractivity contribution is 6.31. The van der Waals surface area contributed by atoms with Gasteiger partial charge in [-0.25, -0.2) is 14.1 Å². The Morgan fingerprint density at radius 2 is 2.09 bits per heavy atom. The van der Waals surface area contributed by atoms with Crippen LogP contribution in [0.1, 0.15) is 23.2 Å². The molecular formula is C25H26ClN4O3+. The van der Waals surface area contributed by atoms with Crippen molar-refractivity contribution in [2.45, 2.75) is 26.4 Å². The molecule has 8 heteroatoms. The molecule has 4 rings (SSSR count). The SMILES string of the molecule is COC(=O)CCc1cncc(Cl)c1COc1cccc2c(-c3n(C)cc[n+]3C)cc(C)nc12. The predicted molar refractivity (Wildman–Crippen MR) is 126 cm³/mol. The summed E-state index contributed by atoms with van der Waals surface area (Å²) in [6, 6.07) is 8.02. The summed E-state index contributed by atoms with van der Waals surface area (Å²) in [7, 11) is 5.43.